The zero-order valence-electron chi connectivity index (χ0n) is 14.0. The van der Waals surface area contributed by atoms with Crippen molar-refractivity contribution in [2.45, 2.75) is 23.7 Å². The number of thioether (sulfide) groups is 2. The largest absolute Gasteiger partial charge is 0.340 e. The van der Waals surface area contributed by atoms with Gasteiger partial charge in [-0.05, 0) is 36.3 Å². The molecule has 0 spiro atoms. The molecule has 0 radical (unpaired) electrons. The number of carbonyl (C=O) groups is 2. The van der Waals surface area contributed by atoms with Crippen molar-refractivity contribution in [3.63, 3.8) is 0 Å². The molecule has 2 amide bonds. The lowest BCUT2D eigenvalue weighted by molar-refractivity contribution is -0.118. The Morgan fingerprint density at radius 2 is 2.00 bits per heavy atom. The van der Waals surface area contributed by atoms with Gasteiger partial charge in [-0.3, -0.25) is 14.9 Å². The summed E-state index contributed by atoms with van der Waals surface area (Å²) in [4.78, 5) is 24.9. The molecule has 2 aromatic rings. The van der Waals surface area contributed by atoms with Crippen molar-refractivity contribution in [3.8, 4) is 0 Å². The number of rotatable bonds is 9. The first-order chi connectivity index (χ1) is 12.1. The molecule has 6 nitrogen and oxygen atoms in total. The van der Waals surface area contributed by atoms with E-state index in [0.29, 0.717) is 17.1 Å². The first kappa shape index (κ1) is 19.7. The van der Waals surface area contributed by atoms with Gasteiger partial charge in [0, 0.05) is 5.56 Å². The van der Waals surface area contributed by atoms with E-state index in [1.807, 2.05) is 19.2 Å². The Kier molecular flexibility index (Phi) is 8.23. The third-order valence-electron chi connectivity index (χ3n) is 3.17. The predicted octanol–water partition coefficient (Wildman–Crippen LogP) is 3.14. The molecule has 25 heavy (non-hydrogen) atoms. The van der Waals surface area contributed by atoms with Crippen LogP contribution in [0.5, 0.6) is 0 Å². The molecule has 1 heterocycles. The molecule has 0 aliphatic heterocycles. The van der Waals surface area contributed by atoms with Crippen molar-refractivity contribution in [3.05, 3.63) is 35.9 Å². The first-order valence-electron chi connectivity index (χ1n) is 7.76. The molecule has 0 saturated carbocycles. The fourth-order valence-electron chi connectivity index (χ4n) is 1.97. The van der Waals surface area contributed by atoms with Crippen molar-refractivity contribution in [2.75, 3.05) is 23.1 Å². The highest BCUT2D eigenvalue weighted by Gasteiger charge is 2.22. The SMILES string of the molecule is CCSc1nnc(NC(=O)[C@@H](CCSC)NC(=O)c2ccccc2)s1. The Morgan fingerprint density at radius 1 is 1.24 bits per heavy atom. The molecule has 2 rings (SSSR count). The summed E-state index contributed by atoms with van der Waals surface area (Å²) in [7, 11) is 0. The van der Waals surface area contributed by atoms with E-state index in [-0.39, 0.29) is 11.8 Å². The van der Waals surface area contributed by atoms with E-state index in [1.165, 1.54) is 11.3 Å². The maximum Gasteiger partial charge on any atom is 0.251 e. The summed E-state index contributed by atoms with van der Waals surface area (Å²) in [6, 6.07) is 8.25. The van der Waals surface area contributed by atoms with Gasteiger partial charge in [-0.2, -0.15) is 11.8 Å². The summed E-state index contributed by atoms with van der Waals surface area (Å²) >= 11 is 4.53. The lowest BCUT2D eigenvalue weighted by Crippen LogP contribution is -2.44. The normalized spacial score (nSPS) is 11.8. The van der Waals surface area contributed by atoms with E-state index in [9.17, 15) is 9.59 Å². The van der Waals surface area contributed by atoms with Gasteiger partial charge < -0.3 is 5.32 Å². The van der Waals surface area contributed by atoms with E-state index in [4.69, 9.17) is 0 Å². The Labute approximate surface area is 159 Å². The number of nitrogens with zero attached hydrogens (tertiary/aromatic N) is 2. The molecule has 0 aliphatic rings. The van der Waals surface area contributed by atoms with Gasteiger partial charge in [0.15, 0.2) is 4.34 Å². The van der Waals surface area contributed by atoms with Gasteiger partial charge in [-0.25, -0.2) is 0 Å². The summed E-state index contributed by atoms with van der Waals surface area (Å²) in [6.07, 6.45) is 2.51. The molecule has 9 heteroatoms. The van der Waals surface area contributed by atoms with E-state index in [1.54, 1.807) is 47.8 Å². The maximum absolute atomic E-state index is 12.5. The van der Waals surface area contributed by atoms with E-state index >= 15 is 0 Å². The van der Waals surface area contributed by atoms with E-state index in [2.05, 4.69) is 20.8 Å². The maximum atomic E-state index is 12.5. The van der Waals surface area contributed by atoms with Crippen molar-refractivity contribution in [1.82, 2.24) is 15.5 Å². The molecule has 1 atom stereocenters. The molecule has 1 aromatic heterocycles. The average Bonchev–Trinajstić information content (AvgIpc) is 3.06. The van der Waals surface area contributed by atoms with Gasteiger partial charge in [0.25, 0.3) is 5.91 Å². The molecule has 0 unspecified atom stereocenters. The second-order valence-corrected chi connectivity index (χ2v) is 8.44. The lowest BCUT2D eigenvalue weighted by atomic mass is 10.1. The number of amides is 2. The van der Waals surface area contributed by atoms with Gasteiger partial charge in [0.2, 0.25) is 11.0 Å². The fourth-order valence-corrected chi connectivity index (χ4v) is 4.09. The highest BCUT2D eigenvalue weighted by atomic mass is 32.2. The average molecular weight is 397 g/mol. The Morgan fingerprint density at radius 3 is 2.68 bits per heavy atom. The van der Waals surface area contributed by atoms with E-state index < -0.39 is 6.04 Å². The molecule has 2 N–H and O–H groups in total. The zero-order valence-corrected chi connectivity index (χ0v) is 16.5. The highest BCUT2D eigenvalue weighted by molar-refractivity contribution is 8.01. The van der Waals surface area contributed by atoms with Crippen LogP contribution in [-0.4, -0.2) is 45.8 Å². The summed E-state index contributed by atoms with van der Waals surface area (Å²) in [6.45, 7) is 2.03. The number of benzene rings is 1. The molecule has 0 bridgehead atoms. The van der Waals surface area contributed by atoms with Crippen LogP contribution in [0.15, 0.2) is 34.7 Å². The van der Waals surface area contributed by atoms with Crippen molar-refractivity contribution in [1.29, 1.82) is 0 Å². The molecule has 0 saturated heterocycles. The predicted molar refractivity (Wildman–Crippen MR) is 106 cm³/mol. The standard InChI is InChI=1S/C16H20N4O2S3/c1-3-24-16-20-19-15(25-16)18-14(22)12(9-10-23-2)17-13(21)11-7-5-4-6-8-11/h4-8,12H,3,9-10H2,1-2H3,(H,17,21)(H,18,19,22)/t12-/m1/s1. The summed E-state index contributed by atoms with van der Waals surface area (Å²) in [5, 5.41) is 14.0. The molecule has 134 valence electrons. The number of carbonyl (C=O) groups excluding carboxylic acids is 2. The van der Waals surface area contributed by atoms with Crippen LogP contribution in [0.4, 0.5) is 5.13 Å². The van der Waals surface area contributed by atoms with Crippen LogP contribution in [0, 0.1) is 0 Å². The van der Waals surface area contributed by atoms with Gasteiger partial charge in [-0.1, -0.05) is 48.2 Å². The van der Waals surface area contributed by atoms with Gasteiger partial charge in [0.05, 0.1) is 0 Å². The molecule has 0 aliphatic carbocycles. The van der Waals surface area contributed by atoms with Crippen LogP contribution in [0.1, 0.15) is 23.7 Å². The van der Waals surface area contributed by atoms with Crippen LogP contribution in [0.25, 0.3) is 0 Å². The monoisotopic (exact) mass is 396 g/mol. The topological polar surface area (TPSA) is 84.0 Å². The second kappa shape index (κ2) is 10.4. The third kappa shape index (κ3) is 6.33. The summed E-state index contributed by atoms with van der Waals surface area (Å²) < 4.78 is 0.812. The molecule has 1 aromatic carbocycles. The van der Waals surface area contributed by atoms with Gasteiger partial charge >= 0.3 is 0 Å². The highest BCUT2D eigenvalue weighted by Crippen LogP contribution is 2.25. The van der Waals surface area contributed by atoms with Crippen LogP contribution in [-0.2, 0) is 4.79 Å². The van der Waals surface area contributed by atoms with Gasteiger partial charge in [0.1, 0.15) is 6.04 Å². The number of aromatic nitrogens is 2. The Balaban J connectivity index is 2.01. The zero-order chi connectivity index (χ0) is 18.1. The molecular formula is C16H20N4O2S3. The minimum atomic E-state index is -0.619. The number of anilines is 1. The number of hydrogen-bond acceptors (Lipinski definition) is 7. The minimum absolute atomic E-state index is 0.263. The summed E-state index contributed by atoms with van der Waals surface area (Å²) in [5.41, 5.74) is 0.530. The Bertz CT molecular complexity index is 694. The lowest BCUT2D eigenvalue weighted by Gasteiger charge is -2.17. The molecular weight excluding hydrogens is 376 g/mol. The minimum Gasteiger partial charge on any atom is -0.340 e. The second-order valence-electron chi connectivity index (χ2n) is 4.97. The van der Waals surface area contributed by atoms with Crippen molar-refractivity contribution < 1.29 is 9.59 Å². The smallest absolute Gasteiger partial charge is 0.251 e. The van der Waals surface area contributed by atoms with Crippen LogP contribution in [0.3, 0.4) is 0 Å². The summed E-state index contributed by atoms with van der Waals surface area (Å²) in [5.74, 6) is 1.12. The quantitative estimate of drug-likeness (QED) is 0.500. The van der Waals surface area contributed by atoms with Crippen LogP contribution < -0.4 is 10.6 Å². The third-order valence-corrected chi connectivity index (χ3v) is 5.67. The van der Waals surface area contributed by atoms with Crippen LogP contribution in [0.2, 0.25) is 0 Å². The molecule has 0 fully saturated rings. The van der Waals surface area contributed by atoms with Crippen molar-refractivity contribution >= 4 is 51.8 Å². The van der Waals surface area contributed by atoms with Crippen LogP contribution >= 0.6 is 34.9 Å². The van der Waals surface area contributed by atoms with Gasteiger partial charge in [-0.15, -0.1) is 10.2 Å². The number of hydrogen-bond donors (Lipinski definition) is 2. The fraction of sp³-hybridized carbons (Fsp3) is 0.375. The Hall–Kier alpha value is -1.58. The number of nitrogens with one attached hydrogen (secondary N) is 2. The first-order valence-corrected chi connectivity index (χ1v) is 11.0. The van der Waals surface area contributed by atoms with Crippen molar-refractivity contribution in [2.24, 2.45) is 0 Å². The van der Waals surface area contributed by atoms with E-state index in [0.717, 1.165) is 15.8 Å².